The normalized spacial score (nSPS) is 14.1. The van der Waals surface area contributed by atoms with Crippen molar-refractivity contribution in [2.24, 2.45) is 0 Å². The van der Waals surface area contributed by atoms with Gasteiger partial charge in [0.2, 0.25) is 5.91 Å². The third-order valence-corrected chi connectivity index (χ3v) is 14.8. The molecule has 0 bridgehead atoms. The van der Waals surface area contributed by atoms with Gasteiger partial charge in [0, 0.05) is 6.42 Å². The molecular weight excluding hydrogens is 888 g/mol. The number of phosphoric ester groups is 1. The highest BCUT2D eigenvalue weighted by atomic mass is 31.2. The van der Waals surface area contributed by atoms with E-state index in [0.29, 0.717) is 17.4 Å². The van der Waals surface area contributed by atoms with Crippen LogP contribution in [0.3, 0.4) is 0 Å². The summed E-state index contributed by atoms with van der Waals surface area (Å²) in [6.07, 6.45) is 68.1. The van der Waals surface area contributed by atoms with Crippen LogP contribution in [-0.4, -0.2) is 68.5 Å². The van der Waals surface area contributed by atoms with E-state index >= 15 is 0 Å². The molecule has 0 radical (unpaired) electrons. The van der Waals surface area contributed by atoms with E-state index in [0.717, 1.165) is 64.2 Å². The van der Waals surface area contributed by atoms with Gasteiger partial charge in [-0.3, -0.25) is 9.36 Å². The fourth-order valence-electron chi connectivity index (χ4n) is 9.07. The van der Waals surface area contributed by atoms with Crippen LogP contribution in [0.15, 0.2) is 36.5 Å². The molecule has 8 nitrogen and oxygen atoms in total. The zero-order chi connectivity index (χ0) is 51.3. The number of carbonyl (C=O) groups excluding carboxylic acids is 1. The standard InChI is InChI=1S/C61H119N2O6P/c1-6-8-10-12-14-16-18-20-22-24-25-26-27-28-29-30-31-32-33-34-35-36-37-38-39-40-42-44-46-48-50-52-54-60(64)59(58-69-70(66,67)68-57-56-63(3,4)5)62-61(65)55-53-51-49-47-45-43-41-23-21-19-17-15-13-11-9-7-2/h17,19,23,41,52,54,59-60,64H,6-16,18,20-22,24-40,42-51,53,55-58H2,1-5H3,(H-,62,65,66,67)/b19-17-,41-23-,54-52+. The second-order valence-electron chi connectivity index (χ2n) is 22.1. The number of aliphatic hydroxyl groups excluding tert-OH is 1. The van der Waals surface area contributed by atoms with Crippen molar-refractivity contribution in [1.29, 1.82) is 0 Å². The van der Waals surface area contributed by atoms with Crippen molar-refractivity contribution in [3.05, 3.63) is 36.5 Å². The number of nitrogens with one attached hydrogen (secondary N) is 1. The fourth-order valence-corrected chi connectivity index (χ4v) is 9.79. The van der Waals surface area contributed by atoms with Crippen LogP contribution in [0.25, 0.3) is 0 Å². The second-order valence-corrected chi connectivity index (χ2v) is 23.5. The van der Waals surface area contributed by atoms with Crippen LogP contribution in [0.1, 0.15) is 296 Å². The molecule has 9 heteroatoms. The Morgan fingerprint density at radius 3 is 1.20 bits per heavy atom. The molecule has 0 aliphatic carbocycles. The van der Waals surface area contributed by atoms with Gasteiger partial charge in [0.05, 0.1) is 39.9 Å². The summed E-state index contributed by atoms with van der Waals surface area (Å²) in [5, 5.41) is 13.9. The van der Waals surface area contributed by atoms with Gasteiger partial charge in [-0.25, -0.2) is 0 Å². The fraction of sp³-hybridized carbons (Fsp3) is 0.885. The molecule has 1 amide bonds. The van der Waals surface area contributed by atoms with Crippen molar-refractivity contribution in [3.63, 3.8) is 0 Å². The highest BCUT2D eigenvalue weighted by Crippen LogP contribution is 2.38. The Labute approximate surface area is 436 Å². The Bertz CT molecular complexity index is 1230. The minimum Gasteiger partial charge on any atom is -0.756 e. The maximum Gasteiger partial charge on any atom is 0.268 e. The molecule has 0 aromatic heterocycles. The minimum atomic E-state index is -4.60. The van der Waals surface area contributed by atoms with E-state index in [1.165, 1.54) is 212 Å². The summed E-state index contributed by atoms with van der Waals surface area (Å²) in [6, 6.07) is -0.894. The molecule has 0 rings (SSSR count). The van der Waals surface area contributed by atoms with Crippen LogP contribution in [0.2, 0.25) is 0 Å². The molecular formula is C61H119N2O6P. The first-order chi connectivity index (χ1) is 34.0. The van der Waals surface area contributed by atoms with Gasteiger partial charge in [-0.2, -0.15) is 0 Å². The number of phosphoric acid groups is 1. The molecule has 2 N–H and O–H groups in total. The van der Waals surface area contributed by atoms with E-state index in [9.17, 15) is 19.4 Å². The number of nitrogens with zero attached hydrogens (tertiary/aromatic N) is 1. The highest BCUT2D eigenvalue weighted by molar-refractivity contribution is 7.45. The Kier molecular flexibility index (Phi) is 51.6. The Balaban J connectivity index is 4.08. The van der Waals surface area contributed by atoms with E-state index in [-0.39, 0.29) is 19.1 Å². The van der Waals surface area contributed by atoms with Gasteiger partial charge >= 0.3 is 0 Å². The number of aliphatic hydroxyl groups is 1. The first-order valence-electron chi connectivity index (χ1n) is 30.4. The van der Waals surface area contributed by atoms with Crippen molar-refractivity contribution in [2.75, 3.05) is 40.9 Å². The van der Waals surface area contributed by atoms with E-state index in [1.54, 1.807) is 6.08 Å². The zero-order valence-corrected chi connectivity index (χ0v) is 48.1. The molecule has 0 saturated heterocycles. The molecule has 3 atom stereocenters. The summed E-state index contributed by atoms with van der Waals surface area (Å²) < 4.78 is 23.3. The van der Waals surface area contributed by atoms with E-state index in [1.807, 2.05) is 27.2 Å². The number of quaternary nitrogens is 1. The number of hydrogen-bond acceptors (Lipinski definition) is 6. The first kappa shape index (κ1) is 68.7. The van der Waals surface area contributed by atoms with Gasteiger partial charge in [-0.05, 0) is 51.4 Å². The summed E-state index contributed by atoms with van der Waals surface area (Å²) in [4.78, 5) is 25.5. The highest BCUT2D eigenvalue weighted by Gasteiger charge is 2.23. The van der Waals surface area contributed by atoms with E-state index in [2.05, 4.69) is 43.5 Å². The van der Waals surface area contributed by atoms with Crippen molar-refractivity contribution >= 4 is 13.7 Å². The molecule has 0 heterocycles. The van der Waals surface area contributed by atoms with Crippen molar-refractivity contribution in [3.8, 4) is 0 Å². The molecule has 70 heavy (non-hydrogen) atoms. The minimum absolute atomic E-state index is 0.00363. The average molecular weight is 1010 g/mol. The van der Waals surface area contributed by atoms with Crippen LogP contribution in [0.4, 0.5) is 0 Å². The van der Waals surface area contributed by atoms with E-state index < -0.39 is 20.0 Å². The largest absolute Gasteiger partial charge is 0.756 e. The smallest absolute Gasteiger partial charge is 0.268 e. The molecule has 0 aliphatic heterocycles. The van der Waals surface area contributed by atoms with Crippen LogP contribution < -0.4 is 10.2 Å². The lowest BCUT2D eigenvalue weighted by Crippen LogP contribution is -2.45. The summed E-state index contributed by atoms with van der Waals surface area (Å²) in [5.74, 6) is -0.208. The van der Waals surface area contributed by atoms with Crippen molar-refractivity contribution in [2.45, 2.75) is 309 Å². The second kappa shape index (κ2) is 52.6. The number of allylic oxidation sites excluding steroid dienone is 5. The molecule has 0 aliphatic rings. The lowest BCUT2D eigenvalue weighted by molar-refractivity contribution is -0.870. The number of likely N-dealkylation sites (N-methyl/N-ethyl adjacent to an activating group) is 1. The first-order valence-corrected chi connectivity index (χ1v) is 31.8. The van der Waals surface area contributed by atoms with Crippen molar-refractivity contribution in [1.82, 2.24) is 5.32 Å². The molecule has 0 saturated carbocycles. The topological polar surface area (TPSA) is 108 Å². The monoisotopic (exact) mass is 1010 g/mol. The SMILES string of the molecule is CCCCCC/C=C\C/C=C\CCCCCCCC(=O)NC(COP(=O)([O-])OCC[N+](C)(C)C)C(O)/C=C/CCCCCCCCCCCCCCCCCCCCCCCCCCCCCCCC. The van der Waals surface area contributed by atoms with Crippen LogP contribution >= 0.6 is 7.82 Å². The van der Waals surface area contributed by atoms with Gasteiger partial charge in [0.25, 0.3) is 7.82 Å². The Morgan fingerprint density at radius 1 is 0.500 bits per heavy atom. The maximum atomic E-state index is 12.9. The van der Waals surface area contributed by atoms with E-state index in [4.69, 9.17) is 9.05 Å². The molecule has 414 valence electrons. The quantitative estimate of drug-likeness (QED) is 0.0272. The molecule has 0 fully saturated rings. The molecule has 0 aromatic rings. The lowest BCUT2D eigenvalue weighted by atomic mass is 10.0. The summed E-state index contributed by atoms with van der Waals surface area (Å²) >= 11 is 0. The van der Waals surface area contributed by atoms with Gasteiger partial charge < -0.3 is 28.8 Å². The third-order valence-electron chi connectivity index (χ3n) is 13.8. The maximum absolute atomic E-state index is 12.9. The lowest BCUT2D eigenvalue weighted by Gasteiger charge is -2.29. The summed E-state index contributed by atoms with van der Waals surface area (Å²) in [5.41, 5.74) is 0. The number of amides is 1. The molecule has 0 aromatic carbocycles. The number of hydrogen-bond donors (Lipinski definition) is 2. The van der Waals surface area contributed by atoms with Gasteiger partial charge in [0.15, 0.2) is 0 Å². The summed E-state index contributed by atoms with van der Waals surface area (Å²) in [6.45, 7) is 4.65. The predicted molar refractivity (Wildman–Crippen MR) is 302 cm³/mol. The molecule has 3 unspecified atom stereocenters. The van der Waals surface area contributed by atoms with Crippen LogP contribution in [-0.2, 0) is 18.4 Å². The predicted octanol–water partition coefficient (Wildman–Crippen LogP) is 17.9. The Morgan fingerprint density at radius 2 is 0.829 bits per heavy atom. The number of unbranched alkanes of at least 4 members (excludes halogenated alkanes) is 39. The van der Waals surface area contributed by atoms with Crippen molar-refractivity contribution < 1.29 is 32.9 Å². The molecule has 0 spiro atoms. The van der Waals surface area contributed by atoms with Gasteiger partial charge in [0.1, 0.15) is 13.2 Å². The number of carbonyl (C=O) groups is 1. The Hall–Kier alpha value is -1.28. The van der Waals surface area contributed by atoms with Gasteiger partial charge in [-0.1, -0.05) is 275 Å². The zero-order valence-electron chi connectivity index (χ0n) is 47.2. The third kappa shape index (κ3) is 54.5. The summed E-state index contributed by atoms with van der Waals surface area (Å²) in [7, 11) is 1.26. The van der Waals surface area contributed by atoms with Crippen LogP contribution in [0.5, 0.6) is 0 Å². The van der Waals surface area contributed by atoms with Crippen LogP contribution in [0, 0.1) is 0 Å². The van der Waals surface area contributed by atoms with Gasteiger partial charge in [-0.15, -0.1) is 0 Å². The average Bonchev–Trinajstić information content (AvgIpc) is 3.32. The number of rotatable bonds is 56.